The van der Waals surface area contributed by atoms with E-state index < -0.39 is 5.97 Å². The zero-order valence-electron chi connectivity index (χ0n) is 18.1. The number of aliphatic carboxylic acids is 1. The molecule has 0 radical (unpaired) electrons. The van der Waals surface area contributed by atoms with E-state index in [1.165, 1.54) is 16.9 Å². The number of halogens is 1. The first-order valence-electron chi connectivity index (χ1n) is 10.1. The van der Waals surface area contributed by atoms with Crippen molar-refractivity contribution in [3.63, 3.8) is 0 Å². The van der Waals surface area contributed by atoms with Crippen LogP contribution < -0.4 is 5.32 Å². The molecule has 1 aliphatic heterocycles. The molecule has 2 aromatic heterocycles. The minimum Gasteiger partial charge on any atom is -0.478 e. The topological polar surface area (TPSA) is 136 Å². The molecule has 34 heavy (non-hydrogen) atoms. The number of carbonyl (C=O) groups is 1. The Morgan fingerprint density at radius 3 is 2.62 bits per heavy atom. The number of thiophene rings is 1. The summed E-state index contributed by atoms with van der Waals surface area (Å²) in [4.78, 5) is 37.5. The van der Waals surface area contributed by atoms with E-state index in [4.69, 9.17) is 31.6 Å². The van der Waals surface area contributed by atoms with Gasteiger partial charge in [-0.3, -0.25) is 4.90 Å². The van der Waals surface area contributed by atoms with Gasteiger partial charge in [-0.25, -0.2) is 14.8 Å². The number of carbonyl (C=O) groups excluding carboxylic acids is 2. The summed E-state index contributed by atoms with van der Waals surface area (Å²) in [5.74, 6) is -0.108. The van der Waals surface area contributed by atoms with Crippen molar-refractivity contribution in [3.05, 3.63) is 64.8 Å². The van der Waals surface area contributed by atoms with Crippen LogP contribution in [0, 0.1) is 11.3 Å². The number of aromatic nitrogens is 2. The standard InChI is InChI=1S/C19H18ClN5S.C3H4O2.CO2/c20-17-9-16-18(22-12-23-19(16)26-17)24-15-4-6-25(7-5-15)11-14-3-1-2-13(8-14)10-21;1-2-3(4)5;2-1-3/h1-3,8-9,12,15H,4-7,11H2,(H,22,23,24);2H,1H2,(H,4,5);. The molecule has 1 aliphatic rings. The summed E-state index contributed by atoms with van der Waals surface area (Å²) in [6.07, 6.45) is 4.79. The minimum absolute atomic E-state index is 0.250. The van der Waals surface area contributed by atoms with E-state index in [0.717, 1.165) is 64.5 Å². The van der Waals surface area contributed by atoms with E-state index in [1.54, 1.807) is 6.33 Å². The van der Waals surface area contributed by atoms with Crippen molar-refractivity contribution < 1.29 is 19.5 Å². The summed E-state index contributed by atoms with van der Waals surface area (Å²) >= 11 is 7.59. The molecular formula is C23H22ClN5O4S. The molecule has 0 amide bonds. The molecule has 0 unspecified atom stereocenters. The summed E-state index contributed by atoms with van der Waals surface area (Å²) in [5, 5.41) is 21.2. The smallest absolute Gasteiger partial charge is 0.373 e. The SMILES string of the molecule is C=CC(=O)O.N#Cc1cccc(CN2CCC(Nc3ncnc4sc(Cl)cc34)CC2)c1.O=C=O. The molecule has 0 atom stereocenters. The van der Waals surface area contributed by atoms with E-state index in [-0.39, 0.29) is 6.15 Å². The first kappa shape index (κ1) is 26.6. The summed E-state index contributed by atoms with van der Waals surface area (Å²) in [6, 6.07) is 12.4. The highest BCUT2D eigenvalue weighted by atomic mass is 35.5. The molecule has 1 fully saturated rings. The molecule has 3 heterocycles. The number of carboxylic acids is 1. The third kappa shape index (κ3) is 8.39. The lowest BCUT2D eigenvalue weighted by molar-refractivity contribution is -0.191. The predicted octanol–water partition coefficient (Wildman–Crippen LogP) is 3.97. The number of likely N-dealkylation sites (tertiary alicyclic amines) is 1. The second-order valence-corrected chi connectivity index (χ2v) is 8.79. The van der Waals surface area contributed by atoms with Crippen LogP contribution in [0.15, 0.2) is 49.3 Å². The predicted molar refractivity (Wildman–Crippen MR) is 128 cm³/mol. The third-order valence-corrected chi connectivity index (χ3v) is 6.04. The first-order valence-corrected chi connectivity index (χ1v) is 11.3. The lowest BCUT2D eigenvalue weighted by atomic mass is 10.0. The Kier molecular flexibility index (Phi) is 10.8. The molecule has 11 heteroatoms. The van der Waals surface area contributed by atoms with Crippen molar-refractivity contribution in [2.45, 2.75) is 25.4 Å². The number of anilines is 1. The Bertz CT molecular complexity index is 1200. The molecular weight excluding hydrogens is 478 g/mol. The van der Waals surface area contributed by atoms with Crippen molar-refractivity contribution >= 4 is 51.1 Å². The van der Waals surface area contributed by atoms with Crippen LogP contribution in [-0.4, -0.2) is 51.2 Å². The fourth-order valence-corrected chi connectivity index (χ4v) is 4.42. The highest BCUT2D eigenvalue weighted by Crippen LogP contribution is 2.32. The minimum atomic E-state index is -0.981. The van der Waals surface area contributed by atoms with Crippen LogP contribution in [0.25, 0.3) is 10.2 Å². The number of piperidine rings is 1. The number of nitriles is 1. The zero-order valence-corrected chi connectivity index (χ0v) is 19.7. The van der Waals surface area contributed by atoms with E-state index in [0.29, 0.717) is 6.04 Å². The molecule has 0 aliphatic carbocycles. The number of hydrogen-bond donors (Lipinski definition) is 2. The molecule has 0 spiro atoms. The normalized spacial score (nSPS) is 13.3. The number of hydrogen-bond acceptors (Lipinski definition) is 9. The summed E-state index contributed by atoms with van der Waals surface area (Å²) in [6.45, 7) is 5.89. The number of nitrogens with one attached hydrogen (secondary N) is 1. The average molecular weight is 500 g/mol. The van der Waals surface area contributed by atoms with Gasteiger partial charge in [0.1, 0.15) is 17.0 Å². The maximum absolute atomic E-state index is 9.25. The van der Waals surface area contributed by atoms with Crippen LogP contribution in [0.1, 0.15) is 24.0 Å². The van der Waals surface area contributed by atoms with Crippen LogP contribution in [0.3, 0.4) is 0 Å². The van der Waals surface area contributed by atoms with E-state index in [1.807, 2.05) is 24.3 Å². The van der Waals surface area contributed by atoms with E-state index >= 15 is 0 Å². The molecule has 3 aromatic rings. The quantitative estimate of drug-likeness (QED) is 0.499. The second kappa shape index (κ2) is 13.8. The van der Waals surface area contributed by atoms with Gasteiger partial charge < -0.3 is 10.4 Å². The van der Waals surface area contributed by atoms with Crippen molar-refractivity contribution in [1.82, 2.24) is 14.9 Å². The number of fused-ring (bicyclic) bond motifs is 1. The van der Waals surface area contributed by atoms with Crippen LogP contribution in [0.2, 0.25) is 4.34 Å². The van der Waals surface area contributed by atoms with E-state index in [2.05, 4.69) is 38.9 Å². The van der Waals surface area contributed by atoms with Crippen LogP contribution in [-0.2, 0) is 20.9 Å². The number of benzene rings is 1. The molecule has 2 N–H and O–H groups in total. The van der Waals surface area contributed by atoms with Gasteiger partial charge in [0.25, 0.3) is 0 Å². The number of nitrogens with zero attached hydrogens (tertiary/aromatic N) is 4. The fraction of sp³-hybridized carbons (Fsp3) is 0.261. The van der Waals surface area contributed by atoms with Gasteiger partial charge in [-0.1, -0.05) is 30.3 Å². The van der Waals surface area contributed by atoms with Gasteiger partial charge in [0.05, 0.1) is 21.4 Å². The molecule has 176 valence electrons. The largest absolute Gasteiger partial charge is 0.478 e. The highest BCUT2D eigenvalue weighted by molar-refractivity contribution is 7.22. The van der Waals surface area contributed by atoms with Gasteiger partial charge in [0.15, 0.2) is 0 Å². The number of carboxylic acid groups (broad SMARTS) is 1. The zero-order chi connectivity index (χ0) is 24.9. The first-order chi connectivity index (χ1) is 16.4. The lowest BCUT2D eigenvalue weighted by Gasteiger charge is -2.32. The Labute approximate surface area is 205 Å². The third-order valence-electron chi connectivity index (χ3n) is 4.86. The molecule has 9 nitrogen and oxygen atoms in total. The van der Waals surface area contributed by atoms with Gasteiger partial charge in [0, 0.05) is 31.8 Å². The van der Waals surface area contributed by atoms with Crippen molar-refractivity contribution in [2.75, 3.05) is 18.4 Å². The molecule has 0 saturated carbocycles. The Balaban J connectivity index is 0.000000447. The number of rotatable bonds is 5. The summed E-state index contributed by atoms with van der Waals surface area (Å²) < 4.78 is 0.734. The second-order valence-electron chi connectivity index (χ2n) is 7.12. The summed E-state index contributed by atoms with van der Waals surface area (Å²) in [7, 11) is 0. The fourth-order valence-electron chi connectivity index (χ4n) is 3.37. The van der Waals surface area contributed by atoms with Crippen molar-refractivity contribution in [2.24, 2.45) is 0 Å². The van der Waals surface area contributed by atoms with Gasteiger partial charge in [-0.15, -0.1) is 11.3 Å². The lowest BCUT2D eigenvalue weighted by Crippen LogP contribution is -2.38. The maximum Gasteiger partial charge on any atom is 0.373 e. The molecule has 1 saturated heterocycles. The van der Waals surface area contributed by atoms with Gasteiger partial charge in [-0.2, -0.15) is 14.9 Å². The Morgan fingerprint density at radius 1 is 1.32 bits per heavy atom. The Hall–Kier alpha value is -3.61. The maximum atomic E-state index is 9.25. The van der Waals surface area contributed by atoms with Crippen LogP contribution in [0.5, 0.6) is 0 Å². The molecule has 1 aromatic carbocycles. The van der Waals surface area contributed by atoms with Crippen LogP contribution in [0.4, 0.5) is 5.82 Å². The highest BCUT2D eigenvalue weighted by Gasteiger charge is 2.20. The monoisotopic (exact) mass is 499 g/mol. The van der Waals surface area contributed by atoms with Gasteiger partial charge in [-0.05, 0) is 36.6 Å². The van der Waals surface area contributed by atoms with E-state index in [9.17, 15) is 4.79 Å². The van der Waals surface area contributed by atoms with Gasteiger partial charge >= 0.3 is 12.1 Å². The Morgan fingerprint density at radius 2 is 2.00 bits per heavy atom. The van der Waals surface area contributed by atoms with Gasteiger partial charge in [0.2, 0.25) is 0 Å². The molecule has 0 bridgehead atoms. The average Bonchev–Trinajstić information content (AvgIpc) is 3.22. The summed E-state index contributed by atoms with van der Waals surface area (Å²) in [5.41, 5.74) is 1.92. The van der Waals surface area contributed by atoms with Crippen molar-refractivity contribution in [1.29, 1.82) is 5.26 Å². The van der Waals surface area contributed by atoms with Crippen LogP contribution >= 0.6 is 22.9 Å². The molecule has 4 rings (SSSR count). The van der Waals surface area contributed by atoms with Crippen molar-refractivity contribution in [3.8, 4) is 6.07 Å².